The fourth-order valence-corrected chi connectivity index (χ4v) is 7.04. The molecule has 0 aliphatic rings. The van der Waals surface area contributed by atoms with Gasteiger partial charge in [-0.25, -0.2) is 0 Å². The molecule has 0 fully saturated rings. The van der Waals surface area contributed by atoms with Crippen molar-refractivity contribution in [3.05, 3.63) is 0 Å². The molecule has 130 valence electrons. The summed E-state index contributed by atoms with van der Waals surface area (Å²) in [6.07, 6.45) is 13.4. The maximum Gasteiger partial charge on any atom is 0.267 e. The minimum atomic E-state index is -3.90. The molecule has 0 N–H and O–H groups in total. The van der Waals surface area contributed by atoms with Crippen LogP contribution in [0.3, 0.4) is 0 Å². The Labute approximate surface area is 133 Å². The van der Waals surface area contributed by atoms with Crippen LogP contribution in [0.5, 0.6) is 0 Å². The molecule has 0 saturated carbocycles. The molecule has 0 heterocycles. The minimum absolute atomic E-state index is 0.510. The van der Waals surface area contributed by atoms with E-state index in [0.29, 0.717) is 0 Å². The lowest BCUT2D eigenvalue weighted by Gasteiger charge is -2.26. The molecule has 0 spiro atoms. The van der Waals surface area contributed by atoms with Crippen LogP contribution in [0.2, 0.25) is 0 Å². The average molecular weight is 342 g/mol. The highest BCUT2D eigenvalue weighted by Crippen LogP contribution is 2.60. The van der Waals surface area contributed by atoms with Gasteiger partial charge in [0.25, 0.3) is 7.82 Å². The Morgan fingerprint density at radius 2 is 1.29 bits per heavy atom. The smallest absolute Gasteiger partial charge is 0.267 e. The van der Waals surface area contributed by atoms with Crippen molar-refractivity contribution in [1.29, 1.82) is 0 Å². The van der Waals surface area contributed by atoms with E-state index in [1.165, 1.54) is 38.3 Å². The van der Waals surface area contributed by atoms with Crippen molar-refractivity contribution < 1.29 is 18.5 Å². The van der Waals surface area contributed by atoms with Crippen LogP contribution < -0.4 is 4.89 Å². The number of hydrogen-bond acceptors (Lipinski definition) is 4. The van der Waals surface area contributed by atoms with E-state index in [1.54, 1.807) is 18.5 Å². The molecule has 0 radical (unpaired) electrons. The van der Waals surface area contributed by atoms with Gasteiger partial charge in [0.1, 0.15) is 0 Å². The van der Waals surface area contributed by atoms with Gasteiger partial charge in [-0.1, -0.05) is 33.6 Å². The summed E-state index contributed by atoms with van der Waals surface area (Å²) in [4.78, 5) is 9.95. The van der Waals surface area contributed by atoms with Crippen molar-refractivity contribution in [3.8, 4) is 0 Å². The Balaban J connectivity index is 0. The molecule has 0 aliphatic carbocycles. The molecule has 0 aromatic heterocycles. The van der Waals surface area contributed by atoms with E-state index >= 15 is 0 Å². The SMILES string of the molecule is CCCC[P+](CC)(CCC)CCCC.COP(=O)([O-])OC. The summed E-state index contributed by atoms with van der Waals surface area (Å²) in [6, 6.07) is 0. The average Bonchev–Trinajstić information content (AvgIpc) is 2.51. The van der Waals surface area contributed by atoms with Gasteiger partial charge in [0, 0.05) is 21.5 Å². The van der Waals surface area contributed by atoms with Gasteiger partial charge in [0.05, 0.1) is 24.6 Å². The van der Waals surface area contributed by atoms with Crippen LogP contribution >= 0.6 is 15.1 Å². The Kier molecular flexibility index (Phi) is 16.0. The Morgan fingerprint density at radius 1 is 0.857 bits per heavy atom. The Bertz CT molecular complexity index is 256. The molecule has 0 bridgehead atoms. The van der Waals surface area contributed by atoms with Crippen LogP contribution in [-0.4, -0.2) is 38.9 Å². The normalized spacial score (nSPS) is 12.0. The van der Waals surface area contributed by atoms with E-state index in [4.69, 9.17) is 0 Å². The molecule has 0 aromatic carbocycles. The molecule has 0 aliphatic heterocycles. The third kappa shape index (κ3) is 12.7. The van der Waals surface area contributed by atoms with Crippen LogP contribution in [0.25, 0.3) is 0 Å². The predicted molar refractivity (Wildman–Crippen MR) is 93.8 cm³/mol. The van der Waals surface area contributed by atoms with Crippen LogP contribution in [0.1, 0.15) is 59.8 Å². The van der Waals surface area contributed by atoms with Gasteiger partial charge in [-0.15, -0.1) is 0 Å². The fraction of sp³-hybridized carbons (Fsp3) is 1.00. The molecule has 0 aromatic rings. The standard InChI is InChI=1S/C13H30P.C2H7O4P/c1-5-9-12-14(8-4,11-7-3)13-10-6-2;1-5-7(3,4)6-2/h5-13H2,1-4H3;1-2H3,(H,3,4)/q+1;/p-1. The Morgan fingerprint density at radius 3 is 1.48 bits per heavy atom. The second-order valence-electron chi connectivity index (χ2n) is 5.35. The second-order valence-corrected chi connectivity index (χ2v) is 11.6. The molecule has 0 atom stereocenters. The van der Waals surface area contributed by atoms with Gasteiger partial charge in [-0.05, 0) is 26.2 Å². The van der Waals surface area contributed by atoms with E-state index in [-0.39, 0.29) is 0 Å². The monoisotopic (exact) mass is 342 g/mol. The number of phosphoric acid groups is 1. The first-order chi connectivity index (χ1) is 9.86. The number of phosphoric ester groups is 1. The lowest BCUT2D eigenvalue weighted by Crippen LogP contribution is -2.10. The van der Waals surface area contributed by atoms with E-state index < -0.39 is 15.1 Å². The summed E-state index contributed by atoms with van der Waals surface area (Å²) in [5.74, 6) is 0. The lowest BCUT2D eigenvalue weighted by molar-refractivity contribution is -0.220. The van der Waals surface area contributed by atoms with Gasteiger partial charge in [0.2, 0.25) is 0 Å². The summed E-state index contributed by atoms with van der Waals surface area (Å²) in [7, 11) is -2.34. The molecule has 0 amide bonds. The summed E-state index contributed by atoms with van der Waals surface area (Å²) in [6.45, 7) is 9.46. The van der Waals surface area contributed by atoms with Crippen molar-refractivity contribution >= 4 is 15.1 Å². The maximum absolute atomic E-state index is 9.95. The predicted octanol–water partition coefficient (Wildman–Crippen LogP) is 4.78. The van der Waals surface area contributed by atoms with Crippen LogP contribution in [0.4, 0.5) is 0 Å². The first-order valence-corrected chi connectivity index (χ1v) is 12.1. The number of unbranched alkanes of at least 4 members (excludes halogenated alkanes) is 2. The van der Waals surface area contributed by atoms with Crippen LogP contribution in [-0.2, 0) is 13.6 Å². The number of hydrogen-bond donors (Lipinski definition) is 0. The van der Waals surface area contributed by atoms with Crippen molar-refractivity contribution in [2.24, 2.45) is 0 Å². The Hall–Kier alpha value is 0.540. The zero-order chi connectivity index (χ0) is 16.8. The van der Waals surface area contributed by atoms with E-state index in [2.05, 4.69) is 36.7 Å². The lowest BCUT2D eigenvalue weighted by atomic mass is 10.4. The summed E-state index contributed by atoms with van der Waals surface area (Å²) >= 11 is 0. The van der Waals surface area contributed by atoms with Gasteiger partial charge in [-0.3, -0.25) is 4.57 Å². The minimum Gasteiger partial charge on any atom is -0.756 e. The highest BCUT2D eigenvalue weighted by atomic mass is 31.2. The summed E-state index contributed by atoms with van der Waals surface area (Å²) < 4.78 is 17.7. The van der Waals surface area contributed by atoms with Crippen molar-refractivity contribution in [3.63, 3.8) is 0 Å². The zero-order valence-electron chi connectivity index (χ0n) is 14.9. The molecule has 0 rings (SSSR count). The largest absolute Gasteiger partial charge is 0.756 e. The van der Waals surface area contributed by atoms with Gasteiger partial charge in [-0.2, -0.15) is 0 Å². The second kappa shape index (κ2) is 14.2. The zero-order valence-corrected chi connectivity index (χ0v) is 16.7. The topological polar surface area (TPSA) is 58.6 Å². The quantitative estimate of drug-likeness (QED) is 0.507. The first-order valence-electron chi connectivity index (χ1n) is 8.14. The molecule has 0 unspecified atom stereocenters. The molecule has 21 heavy (non-hydrogen) atoms. The fourth-order valence-electron chi connectivity index (χ4n) is 2.35. The molecular formula is C15H36O4P2. The highest BCUT2D eigenvalue weighted by molar-refractivity contribution is 7.75. The first kappa shape index (κ1) is 23.8. The molecule has 4 nitrogen and oxygen atoms in total. The van der Waals surface area contributed by atoms with Crippen molar-refractivity contribution in [1.82, 2.24) is 0 Å². The highest BCUT2D eigenvalue weighted by Gasteiger charge is 2.32. The van der Waals surface area contributed by atoms with Crippen LogP contribution in [0.15, 0.2) is 0 Å². The third-order valence-corrected chi connectivity index (χ3v) is 9.95. The van der Waals surface area contributed by atoms with Gasteiger partial charge >= 0.3 is 0 Å². The number of rotatable bonds is 11. The van der Waals surface area contributed by atoms with Gasteiger partial charge in [0.15, 0.2) is 0 Å². The van der Waals surface area contributed by atoms with E-state index in [0.717, 1.165) is 14.2 Å². The van der Waals surface area contributed by atoms with Crippen molar-refractivity contribution in [2.75, 3.05) is 38.9 Å². The molecule has 0 saturated heterocycles. The van der Waals surface area contributed by atoms with Crippen LogP contribution in [0, 0.1) is 0 Å². The summed E-state index contributed by atoms with van der Waals surface area (Å²) in [5, 5.41) is 0. The third-order valence-electron chi connectivity index (χ3n) is 3.79. The summed E-state index contributed by atoms with van der Waals surface area (Å²) in [5.41, 5.74) is 0. The van der Waals surface area contributed by atoms with Gasteiger partial charge < -0.3 is 13.9 Å². The maximum atomic E-state index is 9.95. The molecule has 6 heteroatoms. The van der Waals surface area contributed by atoms with E-state index in [1.807, 2.05) is 0 Å². The van der Waals surface area contributed by atoms with E-state index in [9.17, 15) is 9.46 Å². The molecular weight excluding hydrogens is 306 g/mol. The van der Waals surface area contributed by atoms with Crippen molar-refractivity contribution in [2.45, 2.75) is 59.8 Å².